The summed E-state index contributed by atoms with van der Waals surface area (Å²) in [4.78, 5) is 14.8. The maximum atomic E-state index is 12.8. The van der Waals surface area contributed by atoms with Crippen molar-refractivity contribution in [2.24, 2.45) is 5.92 Å². The molecule has 8 heteroatoms. The number of carbonyl (C=O) groups excluding carboxylic acids is 1. The average Bonchev–Trinajstić information content (AvgIpc) is 3.23. The molecule has 6 nitrogen and oxygen atoms in total. The number of aryl methyl sites for hydroxylation is 2. The van der Waals surface area contributed by atoms with Crippen LogP contribution in [0.4, 0.5) is 5.82 Å². The molecule has 1 aliphatic heterocycles. The van der Waals surface area contributed by atoms with E-state index in [2.05, 4.69) is 17.3 Å². The highest BCUT2D eigenvalue weighted by Gasteiger charge is 2.31. The first-order chi connectivity index (χ1) is 12.3. The summed E-state index contributed by atoms with van der Waals surface area (Å²) in [6.45, 7) is 4.10. The summed E-state index contributed by atoms with van der Waals surface area (Å²) < 4.78 is 25.3. The summed E-state index contributed by atoms with van der Waals surface area (Å²) in [6.07, 6.45) is 3.80. The average molecular weight is 394 g/mol. The summed E-state index contributed by atoms with van der Waals surface area (Å²) >= 11 is 1.57. The van der Waals surface area contributed by atoms with Crippen molar-refractivity contribution in [2.45, 2.75) is 45.6 Å². The predicted molar refractivity (Wildman–Crippen MR) is 103 cm³/mol. The monoisotopic (exact) mass is 393 g/mol. The van der Waals surface area contributed by atoms with Gasteiger partial charge in [-0.15, -0.1) is 11.3 Å². The molecular weight excluding hydrogens is 370 g/mol. The van der Waals surface area contributed by atoms with Gasteiger partial charge in [-0.25, -0.2) is 13.1 Å². The van der Waals surface area contributed by atoms with E-state index < -0.39 is 9.84 Å². The van der Waals surface area contributed by atoms with Gasteiger partial charge in [-0.05, 0) is 50.2 Å². The van der Waals surface area contributed by atoms with E-state index in [1.54, 1.807) is 22.1 Å². The van der Waals surface area contributed by atoms with E-state index in [-0.39, 0.29) is 23.5 Å². The summed E-state index contributed by atoms with van der Waals surface area (Å²) in [5.74, 6) is 1.37. The largest absolute Gasteiger partial charge is 0.306 e. The first-order valence-corrected chi connectivity index (χ1v) is 11.6. The Morgan fingerprint density at radius 2 is 2.15 bits per heavy atom. The molecule has 4 rings (SSSR count). The minimum Gasteiger partial charge on any atom is -0.306 e. The molecule has 140 valence electrons. The first kappa shape index (κ1) is 17.7. The van der Waals surface area contributed by atoms with E-state index in [9.17, 15) is 13.2 Å². The van der Waals surface area contributed by atoms with Crippen LogP contribution in [0, 0.1) is 12.8 Å². The van der Waals surface area contributed by atoms with Crippen LogP contribution in [0.15, 0.2) is 12.1 Å². The van der Waals surface area contributed by atoms with Crippen molar-refractivity contribution in [3.63, 3.8) is 0 Å². The van der Waals surface area contributed by atoms with Crippen molar-refractivity contribution in [3.05, 3.63) is 33.1 Å². The Balaban J connectivity index is 1.55. The highest BCUT2D eigenvalue weighted by molar-refractivity contribution is 7.91. The molecule has 0 spiro atoms. The predicted octanol–water partition coefficient (Wildman–Crippen LogP) is 2.99. The number of hydrogen-bond donors (Lipinski definition) is 1. The van der Waals surface area contributed by atoms with Gasteiger partial charge in [-0.2, -0.15) is 5.10 Å². The Hall–Kier alpha value is -1.67. The molecule has 0 aromatic carbocycles. The number of hydrogen-bond acceptors (Lipinski definition) is 5. The minimum atomic E-state index is -3.01. The molecule has 1 N–H and O–H groups in total. The number of sulfone groups is 1. The summed E-state index contributed by atoms with van der Waals surface area (Å²) in [6, 6.07) is 3.61. The van der Waals surface area contributed by atoms with Gasteiger partial charge >= 0.3 is 0 Å². The van der Waals surface area contributed by atoms with E-state index >= 15 is 0 Å². The van der Waals surface area contributed by atoms with E-state index in [1.165, 1.54) is 16.9 Å². The molecule has 0 bridgehead atoms. The lowest BCUT2D eigenvalue weighted by Crippen LogP contribution is -2.19. The third-order valence-electron chi connectivity index (χ3n) is 5.21. The molecule has 1 fully saturated rings. The van der Waals surface area contributed by atoms with E-state index in [0.717, 1.165) is 18.5 Å². The van der Waals surface area contributed by atoms with Gasteiger partial charge in [0, 0.05) is 10.9 Å². The number of anilines is 1. The van der Waals surface area contributed by atoms with Gasteiger partial charge in [-0.1, -0.05) is 6.92 Å². The zero-order chi connectivity index (χ0) is 18.5. The Labute approximate surface area is 157 Å². The number of nitrogens with one attached hydrogen (secondary N) is 1. The van der Waals surface area contributed by atoms with Crippen molar-refractivity contribution in [1.82, 2.24) is 9.78 Å². The fraction of sp³-hybridized carbons (Fsp3) is 0.556. The Kier molecular flexibility index (Phi) is 4.43. The molecule has 1 aliphatic carbocycles. The molecule has 3 heterocycles. The standard InChI is InChI=1S/C18H23N3O3S2/c1-11-3-4-15-13(7-11)9-16(25-15)18(22)19-17-8-12(2)20-21(17)14-5-6-26(23,24)10-14/h8-9,11,14H,3-7,10H2,1-2H3,(H,19,22). The second-order valence-corrected chi connectivity index (χ2v) is 10.9. The number of carbonyl (C=O) groups is 1. The zero-order valence-electron chi connectivity index (χ0n) is 15.0. The van der Waals surface area contributed by atoms with Crippen LogP contribution in [0.2, 0.25) is 0 Å². The molecule has 0 saturated carbocycles. The third-order valence-corrected chi connectivity index (χ3v) is 8.19. The number of fused-ring (bicyclic) bond motifs is 1. The fourth-order valence-electron chi connectivity index (χ4n) is 3.85. The first-order valence-electron chi connectivity index (χ1n) is 9.00. The number of rotatable bonds is 3. The molecule has 2 aromatic rings. The summed E-state index contributed by atoms with van der Waals surface area (Å²) in [5.41, 5.74) is 2.06. The topological polar surface area (TPSA) is 81.1 Å². The minimum absolute atomic E-state index is 0.0855. The molecule has 2 aliphatic rings. The molecule has 1 saturated heterocycles. The summed E-state index contributed by atoms with van der Waals surface area (Å²) in [5, 5.41) is 7.37. The van der Waals surface area contributed by atoms with Crippen LogP contribution in [0.3, 0.4) is 0 Å². The molecule has 2 atom stereocenters. The Morgan fingerprint density at radius 1 is 1.35 bits per heavy atom. The highest BCUT2D eigenvalue weighted by atomic mass is 32.2. The van der Waals surface area contributed by atoms with Crippen LogP contribution in [0.25, 0.3) is 0 Å². The lowest BCUT2D eigenvalue weighted by molar-refractivity contribution is 0.102. The quantitative estimate of drug-likeness (QED) is 0.869. The van der Waals surface area contributed by atoms with E-state index in [1.807, 2.05) is 13.0 Å². The Bertz CT molecular complexity index is 958. The van der Waals surface area contributed by atoms with Crippen LogP contribution in [0.1, 0.15) is 51.6 Å². The number of aromatic nitrogens is 2. The molecule has 26 heavy (non-hydrogen) atoms. The van der Waals surface area contributed by atoms with Crippen LogP contribution in [-0.2, 0) is 22.7 Å². The molecule has 2 unspecified atom stereocenters. The highest BCUT2D eigenvalue weighted by Crippen LogP contribution is 2.33. The van der Waals surface area contributed by atoms with Crippen molar-refractivity contribution in [2.75, 3.05) is 16.8 Å². The maximum absolute atomic E-state index is 12.8. The molecule has 1 amide bonds. The van der Waals surface area contributed by atoms with Crippen molar-refractivity contribution < 1.29 is 13.2 Å². The lowest BCUT2D eigenvalue weighted by Gasteiger charge is -2.16. The molecule has 0 radical (unpaired) electrons. The molecular formula is C18H23N3O3S2. The maximum Gasteiger partial charge on any atom is 0.266 e. The van der Waals surface area contributed by atoms with Crippen LogP contribution < -0.4 is 5.32 Å². The van der Waals surface area contributed by atoms with Crippen molar-refractivity contribution in [1.29, 1.82) is 0 Å². The normalized spacial score (nSPS) is 24.4. The van der Waals surface area contributed by atoms with Crippen molar-refractivity contribution in [3.8, 4) is 0 Å². The van der Waals surface area contributed by atoms with E-state index in [4.69, 9.17) is 0 Å². The lowest BCUT2D eigenvalue weighted by atomic mass is 9.90. The second kappa shape index (κ2) is 6.49. The van der Waals surface area contributed by atoms with Gasteiger partial charge in [0.1, 0.15) is 5.82 Å². The van der Waals surface area contributed by atoms with Gasteiger partial charge in [0.25, 0.3) is 5.91 Å². The van der Waals surface area contributed by atoms with Gasteiger partial charge in [0.2, 0.25) is 0 Å². The molecule has 2 aromatic heterocycles. The smallest absolute Gasteiger partial charge is 0.266 e. The fourth-order valence-corrected chi connectivity index (χ4v) is 6.65. The summed E-state index contributed by atoms with van der Waals surface area (Å²) in [7, 11) is -3.01. The third kappa shape index (κ3) is 3.44. The van der Waals surface area contributed by atoms with Crippen molar-refractivity contribution >= 4 is 32.9 Å². The van der Waals surface area contributed by atoms with Gasteiger partial charge in [0.05, 0.1) is 28.1 Å². The number of nitrogens with zero attached hydrogens (tertiary/aromatic N) is 2. The van der Waals surface area contributed by atoms with Gasteiger partial charge < -0.3 is 5.32 Å². The van der Waals surface area contributed by atoms with Crippen LogP contribution >= 0.6 is 11.3 Å². The SMILES string of the molecule is Cc1cc(NC(=O)c2cc3c(s2)CCC(C)C3)n(C2CCS(=O)(=O)C2)n1. The van der Waals surface area contributed by atoms with Gasteiger partial charge in [0.15, 0.2) is 9.84 Å². The van der Waals surface area contributed by atoms with E-state index in [0.29, 0.717) is 23.0 Å². The number of amides is 1. The number of thiophene rings is 1. The Morgan fingerprint density at radius 3 is 2.88 bits per heavy atom. The second-order valence-electron chi connectivity index (χ2n) is 7.53. The van der Waals surface area contributed by atoms with Gasteiger partial charge in [-0.3, -0.25) is 4.79 Å². The van der Waals surface area contributed by atoms with Crippen LogP contribution in [-0.4, -0.2) is 35.6 Å². The van der Waals surface area contributed by atoms with Crippen LogP contribution in [0.5, 0.6) is 0 Å². The zero-order valence-corrected chi connectivity index (χ0v) is 16.6.